The SMILES string of the molecule is CCCCOc1ccc(C(CCN2CCCC2)C(C)C(=O)CCCCC(=O)c2ccc(O)cc2)cc1. The quantitative estimate of drug-likeness (QED) is 0.206. The molecule has 1 aliphatic rings. The van der Waals surface area contributed by atoms with Crippen LogP contribution < -0.4 is 4.74 Å². The Hall–Kier alpha value is -2.66. The molecule has 5 nitrogen and oxygen atoms in total. The highest BCUT2D eigenvalue weighted by molar-refractivity contribution is 5.96. The van der Waals surface area contributed by atoms with Gasteiger partial charge in [-0.3, -0.25) is 9.59 Å². The fraction of sp³-hybridized carbons (Fsp3) is 0.548. The summed E-state index contributed by atoms with van der Waals surface area (Å²) < 4.78 is 5.84. The summed E-state index contributed by atoms with van der Waals surface area (Å²) in [5.74, 6) is 1.50. The number of phenols is 1. The highest BCUT2D eigenvalue weighted by Gasteiger charge is 2.26. The molecular weight excluding hydrogens is 450 g/mol. The van der Waals surface area contributed by atoms with Crippen LogP contribution in [0.4, 0.5) is 0 Å². The van der Waals surface area contributed by atoms with Crippen molar-refractivity contribution in [1.82, 2.24) is 4.90 Å². The summed E-state index contributed by atoms with van der Waals surface area (Å²) >= 11 is 0. The van der Waals surface area contributed by atoms with Crippen molar-refractivity contribution in [3.05, 3.63) is 59.7 Å². The summed E-state index contributed by atoms with van der Waals surface area (Å²) in [6.07, 6.45) is 8.01. The minimum Gasteiger partial charge on any atom is -0.508 e. The first-order chi connectivity index (χ1) is 17.5. The largest absolute Gasteiger partial charge is 0.508 e. The number of hydrogen-bond donors (Lipinski definition) is 1. The summed E-state index contributed by atoms with van der Waals surface area (Å²) in [4.78, 5) is 28.1. The van der Waals surface area contributed by atoms with E-state index >= 15 is 0 Å². The molecule has 36 heavy (non-hydrogen) atoms. The van der Waals surface area contributed by atoms with Crippen molar-refractivity contribution in [3.8, 4) is 11.5 Å². The van der Waals surface area contributed by atoms with Gasteiger partial charge in [0.2, 0.25) is 0 Å². The Morgan fingerprint density at radius 1 is 0.944 bits per heavy atom. The molecule has 1 saturated heterocycles. The second kappa shape index (κ2) is 14.8. The number of aromatic hydroxyl groups is 1. The van der Waals surface area contributed by atoms with Crippen LogP contribution in [-0.2, 0) is 4.79 Å². The Morgan fingerprint density at radius 2 is 1.61 bits per heavy atom. The maximum absolute atomic E-state index is 13.2. The smallest absolute Gasteiger partial charge is 0.162 e. The molecule has 5 heteroatoms. The van der Waals surface area contributed by atoms with Gasteiger partial charge in [-0.05, 0) is 106 Å². The number of carbonyl (C=O) groups is 2. The van der Waals surface area contributed by atoms with Crippen LogP contribution in [-0.4, -0.2) is 47.8 Å². The molecule has 0 saturated carbocycles. The van der Waals surface area contributed by atoms with Crippen LogP contribution in [0.3, 0.4) is 0 Å². The van der Waals surface area contributed by atoms with E-state index in [1.807, 2.05) is 12.1 Å². The minimum absolute atomic E-state index is 0.0558. The van der Waals surface area contributed by atoms with Gasteiger partial charge in [0.25, 0.3) is 0 Å². The van der Waals surface area contributed by atoms with Crippen molar-refractivity contribution in [2.75, 3.05) is 26.2 Å². The molecule has 2 unspecified atom stereocenters. The van der Waals surface area contributed by atoms with Crippen LogP contribution in [0.1, 0.15) is 93.5 Å². The van der Waals surface area contributed by atoms with E-state index in [1.54, 1.807) is 12.1 Å². The van der Waals surface area contributed by atoms with Crippen LogP contribution >= 0.6 is 0 Å². The Morgan fingerprint density at radius 3 is 2.28 bits per heavy atom. The highest BCUT2D eigenvalue weighted by atomic mass is 16.5. The van der Waals surface area contributed by atoms with Crippen LogP contribution in [0.25, 0.3) is 0 Å². The predicted molar refractivity (Wildman–Crippen MR) is 145 cm³/mol. The number of ketones is 2. The van der Waals surface area contributed by atoms with Gasteiger partial charge in [0.15, 0.2) is 5.78 Å². The van der Waals surface area contributed by atoms with Gasteiger partial charge in [-0.1, -0.05) is 32.4 Å². The molecule has 0 amide bonds. The molecule has 0 aromatic heterocycles. The molecule has 196 valence electrons. The van der Waals surface area contributed by atoms with E-state index in [-0.39, 0.29) is 29.2 Å². The lowest BCUT2D eigenvalue weighted by molar-refractivity contribution is -0.123. The van der Waals surface area contributed by atoms with Crippen LogP contribution in [0.15, 0.2) is 48.5 Å². The number of ether oxygens (including phenoxy) is 1. The summed E-state index contributed by atoms with van der Waals surface area (Å²) in [6, 6.07) is 14.7. The van der Waals surface area contributed by atoms with Gasteiger partial charge in [0, 0.05) is 24.3 Å². The van der Waals surface area contributed by atoms with E-state index in [1.165, 1.54) is 30.5 Å². The standard InChI is InChI=1S/C31H43NO4/c1-3-4-23-36-28-17-13-25(14-18-28)29(19-22-32-20-7-8-21-32)24(2)30(34)9-5-6-10-31(35)26-11-15-27(33)16-12-26/h11-18,24,29,33H,3-10,19-23H2,1-2H3. The number of Topliss-reactive ketones (excluding diaryl/α,β-unsaturated/α-hetero) is 2. The zero-order valence-electron chi connectivity index (χ0n) is 22.1. The molecule has 2 aromatic rings. The fourth-order valence-electron chi connectivity index (χ4n) is 5.01. The summed E-state index contributed by atoms with van der Waals surface area (Å²) in [6.45, 7) is 8.31. The second-order valence-corrected chi connectivity index (χ2v) is 10.1. The topological polar surface area (TPSA) is 66.8 Å². The van der Waals surface area contributed by atoms with Gasteiger partial charge in [0.1, 0.15) is 17.3 Å². The van der Waals surface area contributed by atoms with E-state index in [0.29, 0.717) is 24.8 Å². The second-order valence-electron chi connectivity index (χ2n) is 10.1. The minimum atomic E-state index is -0.0627. The van der Waals surface area contributed by atoms with Crippen molar-refractivity contribution >= 4 is 11.6 Å². The highest BCUT2D eigenvalue weighted by Crippen LogP contribution is 2.32. The Kier molecular flexibility index (Phi) is 11.5. The molecular formula is C31H43NO4. The first kappa shape index (κ1) is 27.9. The van der Waals surface area contributed by atoms with E-state index in [4.69, 9.17) is 4.74 Å². The molecule has 1 heterocycles. The first-order valence-corrected chi connectivity index (χ1v) is 13.8. The molecule has 1 aliphatic heterocycles. The number of hydrogen-bond acceptors (Lipinski definition) is 5. The average molecular weight is 494 g/mol. The zero-order chi connectivity index (χ0) is 25.8. The third-order valence-electron chi connectivity index (χ3n) is 7.41. The monoisotopic (exact) mass is 493 g/mol. The predicted octanol–water partition coefficient (Wildman–Crippen LogP) is 6.79. The summed E-state index contributed by atoms with van der Waals surface area (Å²) in [5, 5.41) is 9.39. The number of likely N-dealkylation sites (tertiary alicyclic amines) is 1. The van der Waals surface area contributed by atoms with Crippen molar-refractivity contribution in [3.63, 3.8) is 0 Å². The van der Waals surface area contributed by atoms with Crippen LogP contribution in [0.5, 0.6) is 11.5 Å². The lowest BCUT2D eigenvalue weighted by Crippen LogP contribution is -2.26. The third-order valence-corrected chi connectivity index (χ3v) is 7.41. The Bertz CT molecular complexity index is 932. The number of rotatable bonds is 16. The summed E-state index contributed by atoms with van der Waals surface area (Å²) in [7, 11) is 0. The maximum Gasteiger partial charge on any atom is 0.162 e. The lowest BCUT2D eigenvalue weighted by Gasteiger charge is -2.26. The van der Waals surface area contributed by atoms with Gasteiger partial charge in [-0.25, -0.2) is 0 Å². The van der Waals surface area contributed by atoms with Crippen molar-refractivity contribution in [1.29, 1.82) is 0 Å². The number of unbranched alkanes of at least 4 members (excludes halogenated alkanes) is 2. The first-order valence-electron chi connectivity index (χ1n) is 13.8. The molecule has 1 fully saturated rings. The lowest BCUT2D eigenvalue weighted by atomic mass is 9.81. The number of benzene rings is 2. The van der Waals surface area contributed by atoms with Gasteiger partial charge >= 0.3 is 0 Å². The van der Waals surface area contributed by atoms with Crippen molar-refractivity contribution < 1.29 is 19.4 Å². The van der Waals surface area contributed by atoms with Gasteiger partial charge in [0.05, 0.1) is 6.61 Å². The maximum atomic E-state index is 13.2. The molecule has 0 spiro atoms. The Labute approximate surface area is 216 Å². The van der Waals surface area contributed by atoms with Gasteiger partial charge in [-0.15, -0.1) is 0 Å². The molecule has 0 bridgehead atoms. The molecule has 1 N–H and O–H groups in total. The van der Waals surface area contributed by atoms with Gasteiger partial charge < -0.3 is 14.7 Å². The summed E-state index contributed by atoms with van der Waals surface area (Å²) in [5.41, 5.74) is 1.82. The van der Waals surface area contributed by atoms with Gasteiger partial charge in [-0.2, -0.15) is 0 Å². The number of phenolic OH excluding ortho intramolecular Hbond substituents is 1. The molecule has 0 aliphatic carbocycles. The number of nitrogens with zero attached hydrogens (tertiary/aromatic N) is 1. The van der Waals surface area contributed by atoms with Crippen molar-refractivity contribution in [2.45, 2.75) is 77.6 Å². The average Bonchev–Trinajstić information content (AvgIpc) is 3.41. The zero-order valence-corrected chi connectivity index (χ0v) is 22.1. The van der Waals surface area contributed by atoms with Crippen LogP contribution in [0, 0.1) is 5.92 Å². The van der Waals surface area contributed by atoms with E-state index in [9.17, 15) is 14.7 Å². The molecule has 2 atom stereocenters. The van der Waals surface area contributed by atoms with Crippen LogP contribution in [0.2, 0.25) is 0 Å². The number of carbonyl (C=O) groups excluding carboxylic acids is 2. The third kappa shape index (κ3) is 8.77. The molecule has 2 aromatic carbocycles. The molecule has 3 rings (SSSR count). The normalized spacial score (nSPS) is 15.5. The van der Waals surface area contributed by atoms with E-state index in [2.05, 4.69) is 30.9 Å². The molecule has 0 radical (unpaired) electrons. The van der Waals surface area contributed by atoms with E-state index < -0.39 is 0 Å². The fourth-order valence-corrected chi connectivity index (χ4v) is 5.01. The Balaban J connectivity index is 1.54. The van der Waals surface area contributed by atoms with Crippen molar-refractivity contribution in [2.24, 2.45) is 5.92 Å². The van der Waals surface area contributed by atoms with E-state index in [0.717, 1.165) is 57.7 Å².